The van der Waals surface area contributed by atoms with E-state index in [-0.39, 0.29) is 5.91 Å². The zero-order valence-corrected chi connectivity index (χ0v) is 12.3. The minimum absolute atomic E-state index is 0.103. The van der Waals surface area contributed by atoms with Crippen LogP contribution >= 0.6 is 22.9 Å². The Bertz CT molecular complexity index is 659. The Kier molecular flexibility index (Phi) is 3.54. The van der Waals surface area contributed by atoms with Crippen LogP contribution < -0.4 is 10.2 Å². The molecule has 0 atom stereocenters. The summed E-state index contributed by atoms with van der Waals surface area (Å²) < 4.78 is 0. The van der Waals surface area contributed by atoms with E-state index in [1.54, 1.807) is 6.20 Å². The van der Waals surface area contributed by atoms with Gasteiger partial charge >= 0.3 is 0 Å². The van der Waals surface area contributed by atoms with Gasteiger partial charge in [-0.05, 0) is 0 Å². The molecule has 20 heavy (non-hydrogen) atoms. The molecule has 104 valence electrons. The molecule has 1 amide bonds. The first-order valence-corrected chi connectivity index (χ1v) is 7.30. The van der Waals surface area contributed by atoms with Crippen LogP contribution in [0.2, 0.25) is 5.15 Å². The molecule has 0 aromatic carbocycles. The first kappa shape index (κ1) is 13.3. The van der Waals surface area contributed by atoms with Crippen molar-refractivity contribution in [3.8, 4) is 0 Å². The van der Waals surface area contributed by atoms with Gasteiger partial charge in [-0.2, -0.15) is 0 Å². The van der Waals surface area contributed by atoms with Crippen molar-refractivity contribution in [1.29, 1.82) is 0 Å². The van der Waals surface area contributed by atoms with Crippen LogP contribution in [0.15, 0.2) is 12.4 Å². The molecular formula is C12H12ClN5OS. The fourth-order valence-corrected chi connectivity index (χ4v) is 3.29. The topological polar surface area (TPSA) is 71.0 Å². The molecule has 8 heteroatoms. The highest BCUT2D eigenvalue weighted by Crippen LogP contribution is 2.30. The highest BCUT2D eigenvalue weighted by atomic mass is 35.5. The molecule has 3 heterocycles. The van der Waals surface area contributed by atoms with Crippen molar-refractivity contribution < 1.29 is 4.79 Å². The van der Waals surface area contributed by atoms with Crippen LogP contribution in [0.3, 0.4) is 0 Å². The quantitative estimate of drug-likeness (QED) is 0.920. The van der Waals surface area contributed by atoms with Crippen LogP contribution in [-0.2, 0) is 17.8 Å². The van der Waals surface area contributed by atoms with Crippen LogP contribution in [0.25, 0.3) is 0 Å². The van der Waals surface area contributed by atoms with Crippen molar-refractivity contribution in [2.75, 3.05) is 16.8 Å². The molecule has 0 unspecified atom stereocenters. The largest absolute Gasteiger partial charge is 0.350 e. The van der Waals surface area contributed by atoms with Crippen LogP contribution in [0.4, 0.5) is 10.9 Å². The van der Waals surface area contributed by atoms with Crippen LogP contribution in [0.1, 0.15) is 17.5 Å². The average Bonchev–Trinajstić information content (AvgIpc) is 2.78. The lowest BCUT2D eigenvalue weighted by Crippen LogP contribution is -2.30. The summed E-state index contributed by atoms with van der Waals surface area (Å²) in [6.07, 6.45) is 4.04. The lowest BCUT2D eigenvalue weighted by Gasteiger charge is -2.26. The van der Waals surface area contributed by atoms with Crippen molar-refractivity contribution in [2.24, 2.45) is 0 Å². The van der Waals surface area contributed by atoms with E-state index in [9.17, 15) is 4.79 Å². The minimum Gasteiger partial charge on any atom is -0.350 e. The number of rotatable bonds is 2. The standard InChI is InChI=1S/C12H12ClN5OS/c1-7(19)15-12-16-8-2-3-18(6-9(8)20-12)11-5-14-4-10(13)17-11/h4-5H,2-3,6H2,1H3,(H,15,16,19). The number of carbonyl (C=O) groups is 1. The molecule has 1 N–H and O–H groups in total. The van der Waals surface area contributed by atoms with Gasteiger partial charge < -0.3 is 10.2 Å². The molecule has 0 saturated carbocycles. The lowest BCUT2D eigenvalue weighted by atomic mass is 10.2. The number of anilines is 2. The molecule has 2 aromatic heterocycles. The molecule has 6 nitrogen and oxygen atoms in total. The number of aromatic nitrogens is 3. The predicted octanol–water partition coefficient (Wildman–Crippen LogP) is 2.11. The van der Waals surface area contributed by atoms with Gasteiger partial charge in [0, 0.05) is 24.8 Å². The summed E-state index contributed by atoms with van der Waals surface area (Å²) in [7, 11) is 0. The van der Waals surface area contributed by atoms with Crippen molar-refractivity contribution in [3.63, 3.8) is 0 Å². The maximum absolute atomic E-state index is 11.1. The Morgan fingerprint density at radius 2 is 2.30 bits per heavy atom. The van der Waals surface area contributed by atoms with E-state index in [1.165, 1.54) is 24.5 Å². The molecule has 0 saturated heterocycles. The van der Waals surface area contributed by atoms with Gasteiger partial charge in [-0.15, -0.1) is 0 Å². The van der Waals surface area contributed by atoms with Crippen molar-refractivity contribution in [2.45, 2.75) is 19.9 Å². The van der Waals surface area contributed by atoms with Crippen LogP contribution in [0.5, 0.6) is 0 Å². The lowest BCUT2D eigenvalue weighted by molar-refractivity contribution is -0.114. The minimum atomic E-state index is -0.103. The first-order valence-electron chi connectivity index (χ1n) is 6.10. The second-order valence-electron chi connectivity index (χ2n) is 4.44. The molecule has 1 aliphatic heterocycles. The van der Waals surface area contributed by atoms with E-state index in [0.29, 0.717) is 16.8 Å². The van der Waals surface area contributed by atoms with E-state index in [0.717, 1.165) is 29.4 Å². The molecule has 3 rings (SSSR count). The molecule has 0 radical (unpaired) electrons. The second kappa shape index (κ2) is 5.34. The van der Waals surface area contributed by atoms with Gasteiger partial charge in [0.1, 0.15) is 11.0 Å². The Morgan fingerprint density at radius 3 is 3.05 bits per heavy atom. The predicted molar refractivity (Wildman–Crippen MR) is 78.2 cm³/mol. The second-order valence-corrected chi connectivity index (χ2v) is 5.91. The molecule has 1 aliphatic rings. The molecule has 0 fully saturated rings. The third-order valence-corrected chi connectivity index (χ3v) is 4.11. The van der Waals surface area contributed by atoms with Gasteiger partial charge in [-0.25, -0.2) is 9.97 Å². The van der Waals surface area contributed by atoms with Gasteiger partial charge in [0.25, 0.3) is 0 Å². The highest BCUT2D eigenvalue weighted by Gasteiger charge is 2.22. The van der Waals surface area contributed by atoms with Crippen molar-refractivity contribution >= 4 is 39.8 Å². The zero-order chi connectivity index (χ0) is 14.1. The highest BCUT2D eigenvalue weighted by molar-refractivity contribution is 7.15. The number of fused-ring (bicyclic) bond motifs is 1. The number of hydrogen-bond donors (Lipinski definition) is 1. The third-order valence-electron chi connectivity index (χ3n) is 2.93. The molecule has 0 aliphatic carbocycles. The summed E-state index contributed by atoms with van der Waals surface area (Å²) in [5, 5.41) is 3.77. The van der Waals surface area contributed by atoms with Gasteiger partial charge in [0.2, 0.25) is 5.91 Å². The summed E-state index contributed by atoms with van der Waals surface area (Å²) in [6.45, 7) is 3.00. The number of thiazole rings is 1. The number of nitrogens with one attached hydrogen (secondary N) is 1. The van der Waals surface area contributed by atoms with Crippen LogP contribution in [-0.4, -0.2) is 27.4 Å². The molecule has 0 spiro atoms. The fraction of sp³-hybridized carbons (Fsp3) is 0.333. The summed E-state index contributed by atoms with van der Waals surface area (Å²) in [4.78, 5) is 27.1. The molecule has 0 bridgehead atoms. The number of halogens is 1. The summed E-state index contributed by atoms with van der Waals surface area (Å²) in [5.74, 6) is 0.659. The van der Waals surface area contributed by atoms with Gasteiger partial charge in [0.15, 0.2) is 5.13 Å². The van der Waals surface area contributed by atoms with Crippen LogP contribution in [0, 0.1) is 0 Å². The SMILES string of the molecule is CC(=O)Nc1nc2c(s1)CN(c1cncc(Cl)n1)CC2. The average molecular weight is 310 g/mol. The van der Waals surface area contributed by atoms with E-state index >= 15 is 0 Å². The van der Waals surface area contributed by atoms with E-state index in [2.05, 4.69) is 25.2 Å². The fourth-order valence-electron chi connectivity index (χ4n) is 2.08. The molecular weight excluding hydrogens is 298 g/mol. The van der Waals surface area contributed by atoms with Crippen molar-refractivity contribution in [3.05, 3.63) is 28.1 Å². The summed E-state index contributed by atoms with van der Waals surface area (Å²) >= 11 is 7.37. The number of carbonyl (C=O) groups excluding carboxylic acids is 1. The Labute approximate surface area is 124 Å². The molecule has 2 aromatic rings. The third kappa shape index (κ3) is 2.73. The van der Waals surface area contributed by atoms with Gasteiger partial charge in [-0.1, -0.05) is 22.9 Å². The normalized spacial score (nSPS) is 14.0. The van der Waals surface area contributed by atoms with E-state index in [4.69, 9.17) is 11.6 Å². The maximum atomic E-state index is 11.1. The maximum Gasteiger partial charge on any atom is 0.223 e. The smallest absolute Gasteiger partial charge is 0.223 e. The zero-order valence-electron chi connectivity index (χ0n) is 10.8. The summed E-state index contributed by atoms with van der Waals surface area (Å²) in [6, 6.07) is 0. The Morgan fingerprint density at radius 1 is 1.45 bits per heavy atom. The monoisotopic (exact) mass is 309 g/mol. The number of amides is 1. The number of nitrogens with zero attached hydrogens (tertiary/aromatic N) is 4. The Balaban J connectivity index is 1.81. The Hall–Kier alpha value is -1.73. The first-order chi connectivity index (χ1) is 9.61. The van der Waals surface area contributed by atoms with Gasteiger partial charge in [-0.3, -0.25) is 9.78 Å². The number of hydrogen-bond acceptors (Lipinski definition) is 6. The van der Waals surface area contributed by atoms with E-state index in [1.807, 2.05) is 0 Å². The van der Waals surface area contributed by atoms with Gasteiger partial charge in [0.05, 0.1) is 24.6 Å². The summed E-state index contributed by atoms with van der Waals surface area (Å²) in [5.41, 5.74) is 1.05. The van der Waals surface area contributed by atoms with Crippen molar-refractivity contribution in [1.82, 2.24) is 15.0 Å². The van der Waals surface area contributed by atoms with E-state index < -0.39 is 0 Å².